The smallest absolute Gasteiger partial charge is 0.255 e. The second-order valence-electron chi connectivity index (χ2n) is 5.54. The van der Waals surface area contributed by atoms with E-state index in [4.69, 9.17) is 23.2 Å². The Morgan fingerprint density at radius 1 is 1.04 bits per heavy atom. The van der Waals surface area contributed by atoms with Crippen molar-refractivity contribution in [1.82, 2.24) is 4.72 Å². The Hall–Kier alpha value is -1.60. The highest BCUT2D eigenvalue weighted by molar-refractivity contribution is 7.89. The molecule has 0 atom stereocenters. The van der Waals surface area contributed by atoms with E-state index in [-0.39, 0.29) is 16.5 Å². The van der Waals surface area contributed by atoms with Crippen LogP contribution in [0.4, 0.5) is 5.69 Å². The van der Waals surface area contributed by atoms with Gasteiger partial charge in [-0.2, -0.15) is 0 Å². The number of hydrogen-bond acceptors (Lipinski definition) is 3. The highest BCUT2D eigenvalue weighted by atomic mass is 35.5. The molecule has 0 radical (unpaired) electrons. The van der Waals surface area contributed by atoms with Gasteiger partial charge in [-0.25, -0.2) is 13.1 Å². The summed E-state index contributed by atoms with van der Waals surface area (Å²) in [5, 5.41) is 3.43. The van der Waals surface area contributed by atoms with Crippen LogP contribution < -0.4 is 10.0 Å². The van der Waals surface area contributed by atoms with Crippen molar-refractivity contribution in [2.45, 2.75) is 23.8 Å². The van der Waals surface area contributed by atoms with Crippen molar-refractivity contribution >= 4 is 44.8 Å². The average molecular weight is 385 g/mol. The zero-order valence-corrected chi connectivity index (χ0v) is 14.8. The molecule has 1 saturated carbocycles. The first-order valence-corrected chi connectivity index (χ1v) is 9.47. The van der Waals surface area contributed by atoms with Gasteiger partial charge < -0.3 is 5.32 Å². The van der Waals surface area contributed by atoms with Crippen molar-refractivity contribution in [2.24, 2.45) is 0 Å². The summed E-state index contributed by atoms with van der Waals surface area (Å²) in [4.78, 5) is 12.4. The fourth-order valence-electron chi connectivity index (χ4n) is 2.12. The van der Waals surface area contributed by atoms with Gasteiger partial charge >= 0.3 is 0 Å². The summed E-state index contributed by atoms with van der Waals surface area (Å²) in [5.41, 5.74) is 0.659. The Bertz CT molecular complexity index is 876. The molecule has 1 aliphatic carbocycles. The van der Waals surface area contributed by atoms with Gasteiger partial charge in [0.1, 0.15) is 0 Å². The molecule has 1 aliphatic rings. The average Bonchev–Trinajstić information content (AvgIpc) is 3.29. The molecule has 126 valence electrons. The third kappa shape index (κ3) is 4.27. The Morgan fingerprint density at radius 3 is 2.33 bits per heavy atom. The molecule has 24 heavy (non-hydrogen) atoms. The van der Waals surface area contributed by atoms with Crippen LogP contribution in [0.25, 0.3) is 0 Å². The number of hydrogen-bond donors (Lipinski definition) is 2. The van der Waals surface area contributed by atoms with Crippen LogP contribution in [-0.4, -0.2) is 20.4 Å². The largest absolute Gasteiger partial charge is 0.322 e. The lowest BCUT2D eigenvalue weighted by Gasteiger charge is -2.09. The zero-order chi connectivity index (χ0) is 17.3. The molecule has 2 aromatic rings. The lowest BCUT2D eigenvalue weighted by molar-refractivity contribution is 0.102. The number of sulfonamides is 1. The Kier molecular flexibility index (Phi) is 4.83. The summed E-state index contributed by atoms with van der Waals surface area (Å²) in [5.74, 6) is -0.447. The molecular formula is C16H14Cl2N2O3S. The molecule has 2 N–H and O–H groups in total. The molecule has 0 aromatic heterocycles. The number of amides is 1. The third-order valence-electron chi connectivity index (χ3n) is 3.43. The number of benzene rings is 2. The van der Waals surface area contributed by atoms with Crippen molar-refractivity contribution in [3.05, 3.63) is 58.1 Å². The highest BCUT2D eigenvalue weighted by Crippen LogP contribution is 2.24. The van der Waals surface area contributed by atoms with Crippen LogP contribution in [0.2, 0.25) is 10.0 Å². The van der Waals surface area contributed by atoms with Crippen LogP contribution in [-0.2, 0) is 10.0 Å². The second kappa shape index (κ2) is 6.72. The maximum atomic E-state index is 12.3. The molecule has 0 bridgehead atoms. The van der Waals surface area contributed by atoms with Gasteiger partial charge in [0, 0.05) is 27.3 Å². The number of rotatable bonds is 5. The normalized spacial score (nSPS) is 14.4. The Morgan fingerprint density at radius 2 is 1.71 bits per heavy atom. The highest BCUT2D eigenvalue weighted by Gasteiger charge is 2.28. The van der Waals surface area contributed by atoms with Gasteiger partial charge in [0.2, 0.25) is 10.0 Å². The van der Waals surface area contributed by atoms with E-state index >= 15 is 0 Å². The van der Waals surface area contributed by atoms with E-state index in [1.165, 1.54) is 24.3 Å². The predicted molar refractivity (Wildman–Crippen MR) is 94.2 cm³/mol. The molecule has 0 spiro atoms. The summed E-state index contributed by atoms with van der Waals surface area (Å²) in [6, 6.07) is 10.5. The number of carbonyl (C=O) groups is 1. The van der Waals surface area contributed by atoms with E-state index in [1.807, 2.05) is 0 Å². The summed E-state index contributed by atoms with van der Waals surface area (Å²) in [6.07, 6.45) is 1.68. The van der Waals surface area contributed by atoms with Gasteiger partial charge in [0.05, 0.1) is 4.90 Å². The summed E-state index contributed by atoms with van der Waals surface area (Å²) < 4.78 is 27.0. The second-order valence-corrected chi connectivity index (χ2v) is 8.12. The lowest BCUT2D eigenvalue weighted by Crippen LogP contribution is -2.26. The number of nitrogens with one attached hydrogen (secondary N) is 2. The van der Waals surface area contributed by atoms with E-state index in [9.17, 15) is 13.2 Å². The first-order valence-electron chi connectivity index (χ1n) is 7.23. The van der Waals surface area contributed by atoms with Crippen LogP contribution in [0.15, 0.2) is 47.4 Å². The minimum Gasteiger partial charge on any atom is -0.322 e. The maximum absolute atomic E-state index is 12.3. The predicted octanol–water partition coefficient (Wildman–Crippen LogP) is 3.69. The molecular weight excluding hydrogens is 371 g/mol. The zero-order valence-electron chi connectivity index (χ0n) is 12.4. The molecule has 5 nitrogen and oxygen atoms in total. The van der Waals surface area contributed by atoms with E-state index in [0.29, 0.717) is 15.7 Å². The molecule has 8 heteroatoms. The van der Waals surface area contributed by atoms with E-state index in [1.54, 1.807) is 18.2 Å². The van der Waals surface area contributed by atoms with E-state index in [0.717, 1.165) is 12.8 Å². The van der Waals surface area contributed by atoms with E-state index < -0.39 is 15.9 Å². The minimum absolute atomic E-state index is 0.00100. The number of halogens is 2. The number of anilines is 1. The molecule has 1 amide bonds. The van der Waals surface area contributed by atoms with Gasteiger partial charge in [-0.15, -0.1) is 0 Å². The van der Waals surface area contributed by atoms with Crippen LogP contribution >= 0.6 is 23.2 Å². The molecule has 0 heterocycles. The monoisotopic (exact) mass is 384 g/mol. The van der Waals surface area contributed by atoms with Gasteiger partial charge in [0.25, 0.3) is 5.91 Å². The van der Waals surface area contributed by atoms with Gasteiger partial charge in [0.15, 0.2) is 0 Å². The summed E-state index contributed by atoms with van der Waals surface area (Å²) >= 11 is 11.8. The summed E-state index contributed by atoms with van der Waals surface area (Å²) in [7, 11) is -3.61. The first-order chi connectivity index (χ1) is 11.3. The molecule has 0 saturated heterocycles. The van der Waals surface area contributed by atoms with Crippen molar-refractivity contribution in [2.75, 3.05) is 5.32 Å². The summed E-state index contributed by atoms with van der Waals surface area (Å²) in [6.45, 7) is 0. The fourth-order valence-corrected chi connectivity index (χ4v) is 4.00. The molecule has 0 aliphatic heterocycles. The topological polar surface area (TPSA) is 75.3 Å². The van der Waals surface area contributed by atoms with Crippen LogP contribution in [0, 0.1) is 0 Å². The van der Waals surface area contributed by atoms with Crippen molar-refractivity contribution < 1.29 is 13.2 Å². The van der Waals surface area contributed by atoms with Gasteiger partial charge in [-0.05, 0) is 49.2 Å². The van der Waals surface area contributed by atoms with Crippen molar-refractivity contribution in [1.29, 1.82) is 0 Å². The van der Waals surface area contributed by atoms with E-state index in [2.05, 4.69) is 10.0 Å². The van der Waals surface area contributed by atoms with Crippen molar-refractivity contribution in [3.8, 4) is 0 Å². The molecule has 0 unspecified atom stereocenters. The fraction of sp³-hybridized carbons (Fsp3) is 0.188. The Balaban J connectivity index is 1.81. The SMILES string of the molecule is O=C(Nc1cc(Cl)cc(Cl)c1)c1cccc(S(=O)(=O)NC2CC2)c1. The van der Waals surface area contributed by atoms with Crippen LogP contribution in [0.1, 0.15) is 23.2 Å². The first kappa shape index (κ1) is 17.2. The van der Waals surface area contributed by atoms with Crippen LogP contribution in [0.5, 0.6) is 0 Å². The molecule has 2 aromatic carbocycles. The minimum atomic E-state index is -3.61. The number of carbonyl (C=O) groups excluding carboxylic acids is 1. The van der Waals surface area contributed by atoms with Crippen LogP contribution in [0.3, 0.4) is 0 Å². The van der Waals surface area contributed by atoms with Crippen molar-refractivity contribution in [3.63, 3.8) is 0 Å². The molecule has 3 rings (SSSR count). The van der Waals surface area contributed by atoms with Gasteiger partial charge in [-0.3, -0.25) is 4.79 Å². The quantitative estimate of drug-likeness (QED) is 0.825. The standard InChI is InChI=1S/C16H14Cl2N2O3S/c17-11-7-12(18)9-14(8-11)19-16(21)10-2-1-3-15(6-10)24(22,23)20-13-4-5-13/h1-3,6-9,13,20H,4-5H2,(H,19,21). The lowest BCUT2D eigenvalue weighted by atomic mass is 10.2. The third-order valence-corrected chi connectivity index (χ3v) is 5.38. The Labute approximate surface area is 150 Å². The van der Waals surface area contributed by atoms with Gasteiger partial charge in [-0.1, -0.05) is 29.3 Å². The molecule has 1 fully saturated rings. The maximum Gasteiger partial charge on any atom is 0.255 e.